The highest BCUT2D eigenvalue weighted by Crippen LogP contribution is 2.28. The highest BCUT2D eigenvalue weighted by atomic mass is 32.1. The molecule has 0 unspecified atom stereocenters. The second-order valence-corrected chi connectivity index (χ2v) is 7.44. The van der Waals surface area contributed by atoms with Crippen molar-refractivity contribution in [2.75, 3.05) is 7.11 Å². The molecule has 0 radical (unpaired) electrons. The van der Waals surface area contributed by atoms with Gasteiger partial charge in [0.05, 0.1) is 18.9 Å². The molecule has 0 bridgehead atoms. The van der Waals surface area contributed by atoms with Crippen LogP contribution in [0.2, 0.25) is 0 Å². The molecule has 0 spiro atoms. The molecule has 30 heavy (non-hydrogen) atoms. The zero-order valence-corrected chi connectivity index (χ0v) is 17.2. The molecule has 1 aromatic heterocycles. The second kappa shape index (κ2) is 9.24. The zero-order chi connectivity index (χ0) is 20.8. The molecule has 4 aromatic rings. The molecule has 3 aromatic carbocycles. The number of nitrogens with one attached hydrogen (secondary N) is 1. The number of hydrazone groups is 1. The molecule has 0 fully saturated rings. The molecular formula is C24H20N2O3S. The molecule has 6 heteroatoms. The van der Waals surface area contributed by atoms with Gasteiger partial charge in [-0.3, -0.25) is 4.79 Å². The first kappa shape index (κ1) is 19.7. The van der Waals surface area contributed by atoms with Gasteiger partial charge in [-0.25, -0.2) is 5.43 Å². The minimum Gasteiger partial charge on any atom is -0.493 e. The van der Waals surface area contributed by atoms with Crippen LogP contribution in [0.25, 0.3) is 10.1 Å². The van der Waals surface area contributed by atoms with Crippen LogP contribution in [-0.4, -0.2) is 19.2 Å². The first-order valence-corrected chi connectivity index (χ1v) is 10.3. The van der Waals surface area contributed by atoms with E-state index in [1.165, 1.54) is 11.3 Å². The van der Waals surface area contributed by atoms with E-state index in [4.69, 9.17) is 9.47 Å². The molecule has 0 saturated carbocycles. The summed E-state index contributed by atoms with van der Waals surface area (Å²) in [6, 6.07) is 23.2. The maximum absolute atomic E-state index is 12.4. The summed E-state index contributed by atoms with van der Waals surface area (Å²) in [7, 11) is 1.59. The lowest BCUT2D eigenvalue weighted by atomic mass is 10.2. The van der Waals surface area contributed by atoms with E-state index in [1.54, 1.807) is 13.3 Å². The first-order chi connectivity index (χ1) is 14.7. The van der Waals surface area contributed by atoms with Crippen LogP contribution in [0.3, 0.4) is 0 Å². The predicted octanol–water partition coefficient (Wildman–Crippen LogP) is 5.25. The number of hydrogen-bond donors (Lipinski definition) is 1. The van der Waals surface area contributed by atoms with Crippen LogP contribution in [0, 0.1) is 0 Å². The Morgan fingerprint density at radius 2 is 1.83 bits per heavy atom. The molecule has 1 N–H and O–H groups in total. The Balaban J connectivity index is 1.41. The fraction of sp³-hybridized carbons (Fsp3) is 0.0833. The fourth-order valence-electron chi connectivity index (χ4n) is 3.00. The van der Waals surface area contributed by atoms with Gasteiger partial charge in [-0.1, -0.05) is 48.5 Å². The van der Waals surface area contributed by atoms with Gasteiger partial charge in [0.15, 0.2) is 11.5 Å². The maximum atomic E-state index is 12.4. The van der Waals surface area contributed by atoms with E-state index in [9.17, 15) is 4.79 Å². The van der Waals surface area contributed by atoms with Crippen LogP contribution in [0.5, 0.6) is 11.5 Å². The van der Waals surface area contributed by atoms with Gasteiger partial charge in [0.25, 0.3) is 5.91 Å². The number of hydrogen-bond acceptors (Lipinski definition) is 5. The number of carbonyl (C=O) groups excluding carboxylic acids is 1. The van der Waals surface area contributed by atoms with Crippen molar-refractivity contribution < 1.29 is 14.3 Å². The van der Waals surface area contributed by atoms with Crippen molar-refractivity contribution in [2.45, 2.75) is 6.61 Å². The van der Waals surface area contributed by atoms with Gasteiger partial charge in [-0.15, -0.1) is 11.3 Å². The Morgan fingerprint density at radius 1 is 1.03 bits per heavy atom. The molecule has 150 valence electrons. The van der Waals surface area contributed by atoms with E-state index in [0.29, 0.717) is 23.7 Å². The van der Waals surface area contributed by atoms with Gasteiger partial charge in [-0.2, -0.15) is 5.10 Å². The topological polar surface area (TPSA) is 59.9 Å². The summed E-state index contributed by atoms with van der Waals surface area (Å²) in [6.07, 6.45) is 1.58. The molecule has 1 heterocycles. The van der Waals surface area contributed by atoms with Gasteiger partial charge >= 0.3 is 0 Å². The van der Waals surface area contributed by atoms with E-state index in [1.807, 2.05) is 78.2 Å². The summed E-state index contributed by atoms with van der Waals surface area (Å²) in [5.74, 6) is 1.01. The first-order valence-electron chi connectivity index (χ1n) is 9.39. The number of amides is 1. The Kier molecular flexibility index (Phi) is 6.06. The number of benzene rings is 3. The number of fused-ring (bicyclic) bond motifs is 1. The predicted molar refractivity (Wildman–Crippen MR) is 121 cm³/mol. The van der Waals surface area contributed by atoms with Crippen molar-refractivity contribution in [1.82, 2.24) is 5.43 Å². The number of ether oxygens (including phenoxy) is 2. The highest BCUT2D eigenvalue weighted by molar-refractivity contribution is 7.17. The molecular weight excluding hydrogens is 396 g/mol. The number of rotatable bonds is 7. The van der Waals surface area contributed by atoms with E-state index < -0.39 is 0 Å². The number of carbonyl (C=O) groups is 1. The normalized spacial score (nSPS) is 11.0. The van der Waals surface area contributed by atoms with E-state index in [2.05, 4.69) is 10.5 Å². The number of nitrogens with zero attached hydrogens (tertiary/aromatic N) is 1. The lowest BCUT2D eigenvalue weighted by molar-refractivity contribution is 0.0957. The minimum absolute atomic E-state index is 0.238. The number of thiophene rings is 1. The van der Waals surface area contributed by atoms with Crippen LogP contribution in [0.15, 0.2) is 83.3 Å². The standard InChI is InChI=1S/C24H20N2O3S/c1-28-22-13-18(11-12-21(22)29-15-17-7-3-2-4-8-17)14-25-26-24(27)20-16-30-23-10-6-5-9-19(20)23/h2-14,16H,15H2,1H3,(H,26,27)/b25-14-. The van der Waals surface area contributed by atoms with Crippen LogP contribution < -0.4 is 14.9 Å². The van der Waals surface area contributed by atoms with Crippen LogP contribution in [0.4, 0.5) is 0 Å². The molecule has 0 aliphatic carbocycles. The molecule has 0 aliphatic heterocycles. The Morgan fingerprint density at radius 3 is 2.67 bits per heavy atom. The quantitative estimate of drug-likeness (QED) is 0.331. The monoisotopic (exact) mass is 416 g/mol. The summed E-state index contributed by atoms with van der Waals surface area (Å²) in [5.41, 5.74) is 5.07. The summed E-state index contributed by atoms with van der Waals surface area (Å²) in [6.45, 7) is 0.454. The van der Waals surface area contributed by atoms with Crippen molar-refractivity contribution >= 4 is 33.5 Å². The average molecular weight is 417 g/mol. The molecule has 0 saturated heterocycles. The lowest BCUT2D eigenvalue weighted by Gasteiger charge is -2.11. The van der Waals surface area contributed by atoms with Gasteiger partial charge in [0, 0.05) is 15.5 Å². The average Bonchev–Trinajstić information content (AvgIpc) is 3.23. The Hall–Kier alpha value is -3.64. The molecule has 1 amide bonds. The van der Waals surface area contributed by atoms with E-state index >= 15 is 0 Å². The van der Waals surface area contributed by atoms with Crippen molar-refractivity contribution in [3.05, 3.63) is 94.9 Å². The van der Waals surface area contributed by atoms with Gasteiger partial charge in [0.2, 0.25) is 0 Å². The van der Waals surface area contributed by atoms with Gasteiger partial charge in [0.1, 0.15) is 6.61 Å². The lowest BCUT2D eigenvalue weighted by Crippen LogP contribution is -2.17. The Bertz CT molecular complexity index is 1190. The van der Waals surface area contributed by atoms with Crippen molar-refractivity contribution in [3.8, 4) is 11.5 Å². The Labute approximate surface area is 178 Å². The van der Waals surface area contributed by atoms with Gasteiger partial charge in [-0.05, 0) is 35.4 Å². The summed E-state index contributed by atoms with van der Waals surface area (Å²) in [5, 5.41) is 6.86. The number of methoxy groups -OCH3 is 1. The van der Waals surface area contributed by atoms with E-state index in [-0.39, 0.29) is 5.91 Å². The van der Waals surface area contributed by atoms with Crippen LogP contribution >= 0.6 is 11.3 Å². The summed E-state index contributed by atoms with van der Waals surface area (Å²) in [4.78, 5) is 12.4. The van der Waals surface area contributed by atoms with Gasteiger partial charge < -0.3 is 9.47 Å². The maximum Gasteiger partial charge on any atom is 0.272 e. The van der Waals surface area contributed by atoms with E-state index in [0.717, 1.165) is 21.2 Å². The molecule has 5 nitrogen and oxygen atoms in total. The SMILES string of the molecule is COc1cc(/C=N\NC(=O)c2csc3ccccc23)ccc1OCc1ccccc1. The minimum atomic E-state index is -0.238. The van der Waals surface area contributed by atoms with Crippen LogP contribution in [-0.2, 0) is 6.61 Å². The van der Waals surface area contributed by atoms with Crippen molar-refractivity contribution in [1.29, 1.82) is 0 Å². The highest BCUT2D eigenvalue weighted by Gasteiger charge is 2.11. The molecule has 0 aliphatic rings. The largest absolute Gasteiger partial charge is 0.493 e. The van der Waals surface area contributed by atoms with Crippen molar-refractivity contribution in [3.63, 3.8) is 0 Å². The summed E-state index contributed by atoms with van der Waals surface area (Å²) >= 11 is 1.54. The third-order valence-corrected chi connectivity index (χ3v) is 5.49. The molecule has 0 atom stereocenters. The third-order valence-electron chi connectivity index (χ3n) is 4.53. The molecule has 4 rings (SSSR count). The zero-order valence-electron chi connectivity index (χ0n) is 16.4. The summed E-state index contributed by atoms with van der Waals surface area (Å²) < 4.78 is 12.4. The van der Waals surface area contributed by atoms with Crippen LogP contribution in [0.1, 0.15) is 21.5 Å². The second-order valence-electron chi connectivity index (χ2n) is 6.53. The smallest absolute Gasteiger partial charge is 0.272 e. The fourth-order valence-corrected chi connectivity index (χ4v) is 3.94. The van der Waals surface area contributed by atoms with Crippen molar-refractivity contribution in [2.24, 2.45) is 5.10 Å². The third kappa shape index (κ3) is 4.50.